The highest BCUT2D eigenvalue weighted by Gasteiger charge is 2.32. The smallest absolute Gasteiger partial charge is 0.410 e. The number of hydrogen-bond donors (Lipinski definition) is 2. The van der Waals surface area contributed by atoms with Crippen LogP contribution >= 0.6 is 0 Å². The van der Waals surface area contributed by atoms with E-state index < -0.39 is 5.60 Å². The standard InChI is InChI=1S/C13H26N2O3/c1-9(16)7-10-8-15(6-5-11(10)14)12(17)18-13(2,3)4/h9-11,16H,5-8,14H2,1-4H3. The molecule has 1 aliphatic heterocycles. The summed E-state index contributed by atoms with van der Waals surface area (Å²) in [6.45, 7) is 8.52. The van der Waals surface area contributed by atoms with Gasteiger partial charge in [-0.3, -0.25) is 0 Å². The molecule has 0 saturated carbocycles. The molecule has 1 fully saturated rings. The van der Waals surface area contributed by atoms with Crippen molar-refractivity contribution in [3.05, 3.63) is 0 Å². The normalized spacial score (nSPS) is 26.9. The number of carbonyl (C=O) groups is 1. The molecule has 3 atom stereocenters. The molecule has 0 aliphatic carbocycles. The van der Waals surface area contributed by atoms with Crippen molar-refractivity contribution in [3.8, 4) is 0 Å². The van der Waals surface area contributed by atoms with E-state index in [0.717, 1.165) is 6.42 Å². The van der Waals surface area contributed by atoms with E-state index in [1.807, 2.05) is 20.8 Å². The summed E-state index contributed by atoms with van der Waals surface area (Å²) in [5.74, 6) is 0.145. The molecule has 0 aromatic heterocycles. The second-order valence-corrected chi connectivity index (χ2v) is 6.22. The molecular formula is C13H26N2O3. The van der Waals surface area contributed by atoms with Crippen LogP contribution in [-0.2, 0) is 4.74 Å². The lowest BCUT2D eigenvalue weighted by atomic mass is 9.88. The summed E-state index contributed by atoms with van der Waals surface area (Å²) in [6.07, 6.45) is 0.710. The molecule has 18 heavy (non-hydrogen) atoms. The fraction of sp³-hybridized carbons (Fsp3) is 0.923. The van der Waals surface area contributed by atoms with Crippen molar-refractivity contribution in [1.29, 1.82) is 0 Å². The van der Waals surface area contributed by atoms with Crippen LogP contribution in [0.25, 0.3) is 0 Å². The van der Waals surface area contributed by atoms with Gasteiger partial charge in [0.2, 0.25) is 0 Å². The molecule has 0 aromatic rings. The molecule has 1 heterocycles. The van der Waals surface area contributed by atoms with Crippen molar-refractivity contribution in [2.24, 2.45) is 11.7 Å². The van der Waals surface area contributed by atoms with E-state index in [1.165, 1.54) is 0 Å². The molecule has 1 saturated heterocycles. The Bertz CT molecular complexity index is 286. The summed E-state index contributed by atoms with van der Waals surface area (Å²) < 4.78 is 5.35. The first kappa shape index (κ1) is 15.2. The number of rotatable bonds is 2. The molecule has 0 spiro atoms. The Labute approximate surface area is 109 Å². The van der Waals surface area contributed by atoms with E-state index in [1.54, 1.807) is 11.8 Å². The summed E-state index contributed by atoms with van der Waals surface area (Å²) in [7, 11) is 0. The lowest BCUT2D eigenvalue weighted by molar-refractivity contribution is 0.0110. The highest BCUT2D eigenvalue weighted by Crippen LogP contribution is 2.22. The number of nitrogens with zero attached hydrogens (tertiary/aromatic N) is 1. The van der Waals surface area contributed by atoms with Gasteiger partial charge in [-0.1, -0.05) is 0 Å². The van der Waals surface area contributed by atoms with Crippen LogP contribution < -0.4 is 5.73 Å². The predicted molar refractivity (Wildman–Crippen MR) is 70.2 cm³/mol. The topological polar surface area (TPSA) is 75.8 Å². The summed E-state index contributed by atoms with van der Waals surface area (Å²) in [5, 5.41) is 9.44. The van der Waals surface area contributed by atoms with Crippen molar-refractivity contribution < 1.29 is 14.6 Å². The van der Waals surface area contributed by atoms with Gasteiger partial charge < -0.3 is 20.5 Å². The van der Waals surface area contributed by atoms with Gasteiger partial charge in [0.25, 0.3) is 0 Å². The van der Waals surface area contributed by atoms with Crippen molar-refractivity contribution >= 4 is 6.09 Å². The molecule has 3 N–H and O–H groups in total. The fourth-order valence-electron chi connectivity index (χ4n) is 2.23. The lowest BCUT2D eigenvalue weighted by Gasteiger charge is -2.38. The zero-order valence-corrected chi connectivity index (χ0v) is 11.8. The van der Waals surface area contributed by atoms with E-state index >= 15 is 0 Å². The van der Waals surface area contributed by atoms with Crippen molar-refractivity contribution in [2.45, 2.75) is 58.3 Å². The molecule has 0 bridgehead atoms. The third kappa shape index (κ3) is 4.82. The minimum Gasteiger partial charge on any atom is -0.444 e. The van der Waals surface area contributed by atoms with E-state index in [2.05, 4.69) is 0 Å². The number of hydrogen-bond acceptors (Lipinski definition) is 4. The van der Waals surface area contributed by atoms with Crippen molar-refractivity contribution in [3.63, 3.8) is 0 Å². The monoisotopic (exact) mass is 258 g/mol. The Morgan fingerprint density at radius 3 is 2.67 bits per heavy atom. The van der Waals surface area contributed by atoms with Gasteiger partial charge in [-0.2, -0.15) is 0 Å². The van der Waals surface area contributed by atoms with Crippen LogP contribution in [0.1, 0.15) is 40.5 Å². The molecule has 1 aliphatic rings. The van der Waals surface area contributed by atoms with Gasteiger partial charge in [-0.05, 0) is 46.5 Å². The van der Waals surface area contributed by atoms with E-state index in [-0.39, 0.29) is 24.2 Å². The molecule has 5 heteroatoms. The maximum atomic E-state index is 12.0. The number of nitrogens with two attached hydrogens (primary N) is 1. The predicted octanol–water partition coefficient (Wildman–Crippen LogP) is 1.34. The Balaban J connectivity index is 2.56. The molecule has 1 amide bonds. The average molecular weight is 258 g/mol. The lowest BCUT2D eigenvalue weighted by Crippen LogP contribution is -2.51. The number of aliphatic hydroxyl groups is 1. The minimum absolute atomic E-state index is 0.0540. The van der Waals surface area contributed by atoms with Crippen LogP contribution in [0.5, 0.6) is 0 Å². The van der Waals surface area contributed by atoms with Crippen LogP contribution in [0, 0.1) is 5.92 Å². The number of carbonyl (C=O) groups excluding carboxylic acids is 1. The van der Waals surface area contributed by atoms with E-state index in [0.29, 0.717) is 19.5 Å². The van der Waals surface area contributed by atoms with Gasteiger partial charge in [0.1, 0.15) is 5.60 Å². The number of amides is 1. The zero-order valence-electron chi connectivity index (χ0n) is 11.8. The van der Waals surface area contributed by atoms with Gasteiger partial charge in [-0.25, -0.2) is 4.79 Å². The first-order valence-corrected chi connectivity index (χ1v) is 6.60. The summed E-state index contributed by atoms with van der Waals surface area (Å²) in [4.78, 5) is 13.6. The number of likely N-dealkylation sites (tertiary alicyclic amines) is 1. The van der Waals surface area contributed by atoms with Crippen LogP contribution in [0.15, 0.2) is 0 Å². The summed E-state index contributed by atoms with van der Waals surface area (Å²) in [5.41, 5.74) is 5.55. The number of aliphatic hydroxyl groups excluding tert-OH is 1. The van der Waals surface area contributed by atoms with Gasteiger partial charge in [0.05, 0.1) is 6.10 Å². The molecule has 5 nitrogen and oxygen atoms in total. The number of piperidine rings is 1. The fourth-order valence-corrected chi connectivity index (χ4v) is 2.23. The van der Waals surface area contributed by atoms with Crippen LogP contribution in [0.4, 0.5) is 4.79 Å². The van der Waals surface area contributed by atoms with Crippen molar-refractivity contribution in [2.75, 3.05) is 13.1 Å². The Morgan fingerprint density at radius 2 is 2.17 bits per heavy atom. The maximum absolute atomic E-state index is 12.0. The van der Waals surface area contributed by atoms with Gasteiger partial charge in [0, 0.05) is 19.1 Å². The van der Waals surface area contributed by atoms with Gasteiger partial charge in [-0.15, -0.1) is 0 Å². The van der Waals surface area contributed by atoms with E-state index in [4.69, 9.17) is 10.5 Å². The van der Waals surface area contributed by atoms with Gasteiger partial charge >= 0.3 is 6.09 Å². The Hall–Kier alpha value is -0.810. The number of ether oxygens (including phenoxy) is 1. The molecular weight excluding hydrogens is 232 g/mol. The largest absolute Gasteiger partial charge is 0.444 e. The van der Waals surface area contributed by atoms with E-state index in [9.17, 15) is 9.90 Å². The molecule has 0 radical (unpaired) electrons. The first-order chi connectivity index (χ1) is 8.19. The molecule has 0 aromatic carbocycles. The average Bonchev–Trinajstić information content (AvgIpc) is 2.17. The second kappa shape index (κ2) is 5.89. The zero-order chi connectivity index (χ0) is 13.9. The van der Waals surface area contributed by atoms with Crippen molar-refractivity contribution in [1.82, 2.24) is 4.90 Å². The molecule has 3 unspecified atom stereocenters. The first-order valence-electron chi connectivity index (χ1n) is 6.60. The minimum atomic E-state index is -0.476. The second-order valence-electron chi connectivity index (χ2n) is 6.22. The highest BCUT2D eigenvalue weighted by atomic mass is 16.6. The van der Waals surface area contributed by atoms with Crippen LogP contribution in [0.2, 0.25) is 0 Å². The highest BCUT2D eigenvalue weighted by molar-refractivity contribution is 5.68. The third-order valence-electron chi connectivity index (χ3n) is 3.09. The third-order valence-corrected chi connectivity index (χ3v) is 3.09. The summed E-state index contributed by atoms with van der Waals surface area (Å²) >= 11 is 0. The Kier molecular flexibility index (Phi) is 4.99. The molecule has 1 rings (SSSR count). The quantitative estimate of drug-likeness (QED) is 0.783. The van der Waals surface area contributed by atoms with Gasteiger partial charge in [0.15, 0.2) is 0 Å². The Morgan fingerprint density at radius 1 is 1.56 bits per heavy atom. The summed E-state index contributed by atoms with van der Waals surface area (Å²) in [6, 6.07) is 0.0540. The molecule has 106 valence electrons. The maximum Gasteiger partial charge on any atom is 0.410 e. The van der Waals surface area contributed by atoms with Crippen LogP contribution in [-0.4, -0.2) is 46.9 Å². The SMILES string of the molecule is CC(O)CC1CN(C(=O)OC(C)(C)C)CCC1N. The van der Waals surface area contributed by atoms with Crippen LogP contribution in [0.3, 0.4) is 0 Å².